The molecule has 0 spiro atoms. The molecule has 3 N–H and O–H groups in total. The Hall–Kier alpha value is -1.69. The highest BCUT2D eigenvalue weighted by molar-refractivity contribution is 5.68. The van der Waals surface area contributed by atoms with Crippen molar-refractivity contribution < 1.29 is 0 Å². The van der Waals surface area contributed by atoms with Gasteiger partial charge >= 0.3 is 0 Å². The lowest BCUT2D eigenvalue weighted by Crippen LogP contribution is -2.21. The van der Waals surface area contributed by atoms with Crippen LogP contribution in [-0.2, 0) is 0 Å². The van der Waals surface area contributed by atoms with Crippen LogP contribution in [0.5, 0.6) is 0 Å². The van der Waals surface area contributed by atoms with Gasteiger partial charge in [-0.1, -0.05) is 32.1 Å². The number of nitrogens with one attached hydrogen (secondary N) is 1. The van der Waals surface area contributed by atoms with Crippen molar-refractivity contribution in [3.63, 3.8) is 0 Å². The normalized spacial score (nSPS) is 17.5. The Kier molecular flexibility index (Phi) is 4.46. The summed E-state index contributed by atoms with van der Waals surface area (Å²) in [5.41, 5.74) is 8.24. The lowest BCUT2D eigenvalue weighted by atomic mass is 9.96. The minimum absolute atomic E-state index is 0.528. The molecule has 0 aromatic heterocycles. The Balaban J connectivity index is 2.01. The zero-order valence-electron chi connectivity index (χ0n) is 10.8. The highest BCUT2D eigenvalue weighted by Crippen LogP contribution is 2.25. The largest absolute Gasteiger partial charge is 0.397 e. The van der Waals surface area contributed by atoms with E-state index in [2.05, 4.69) is 11.4 Å². The van der Waals surface area contributed by atoms with Crippen LogP contribution in [0.1, 0.15) is 50.5 Å². The van der Waals surface area contributed by atoms with E-state index in [4.69, 9.17) is 11.0 Å². The minimum atomic E-state index is 0.528. The summed E-state index contributed by atoms with van der Waals surface area (Å²) in [6.07, 6.45) is 9.12. The first-order chi connectivity index (χ1) is 8.79. The van der Waals surface area contributed by atoms with E-state index in [9.17, 15) is 0 Å². The summed E-state index contributed by atoms with van der Waals surface area (Å²) < 4.78 is 0. The number of nitrogen functional groups attached to an aromatic ring is 1. The van der Waals surface area contributed by atoms with Crippen molar-refractivity contribution in [2.75, 3.05) is 11.1 Å². The Morgan fingerprint density at radius 1 is 1.11 bits per heavy atom. The quantitative estimate of drug-likeness (QED) is 0.779. The van der Waals surface area contributed by atoms with Crippen molar-refractivity contribution in [2.24, 2.45) is 0 Å². The van der Waals surface area contributed by atoms with Crippen LogP contribution in [0.25, 0.3) is 0 Å². The molecular weight excluding hydrogens is 222 g/mol. The third-order valence-electron chi connectivity index (χ3n) is 3.65. The van der Waals surface area contributed by atoms with Crippen molar-refractivity contribution >= 4 is 11.4 Å². The first-order valence-corrected chi connectivity index (χ1v) is 6.86. The van der Waals surface area contributed by atoms with Gasteiger partial charge in [0.25, 0.3) is 0 Å². The number of nitrogens with zero attached hydrogens (tertiary/aromatic N) is 1. The molecule has 1 aromatic rings. The molecule has 0 aliphatic heterocycles. The fraction of sp³-hybridized carbons (Fsp3) is 0.533. The highest BCUT2D eigenvalue weighted by atomic mass is 14.9. The Morgan fingerprint density at radius 2 is 1.78 bits per heavy atom. The highest BCUT2D eigenvalue weighted by Gasteiger charge is 2.12. The summed E-state index contributed by atoms with van der Waals surface area (Å²) in [6.45, 7) is 0. The molecule has 1 fully saturated rings. The molecule has 0 saturated heterocycles. The maximum absolute atomic E-state index is 8.82. The zero-order chi connectivity index (χ0) is 12.8. The second-order valence-electron chi connectivity index (χ2n) is 5.10. The van der Waals surface area contributed by atoms with Crippen molar-refractivity contribution in [1.82, 2.24) is 0 Å². The molecule has 1 aliphatic carbocycles. The molecule has 0 unspecified atom stereocenters. The van der Waals surface area contributed by atoms with Crippen molar-refractivity contribution in [1.29, 1.82) is 5.26 Å². The lowest BCUT2D eigenvalue weighted by molar-refractivity contribution is 0.471. The van der Waals surface area contributed by atoms with E-state index in [-0.39, 0.29) is 0 Å². The van der Waals surface area contributed by atoms with Gasteiger partial charge in [-0.15, -0.1) is 0 Å². The average molecular weight is 243 g/mol. The fourth-order valence-electron chi connectivity index (χ4n) is 2.58. The monoisotopic (exact) mass is 243 g/mol. The van der Waals surface area contributed by atoms with Crippen LogP contribution in [0.3, 0.4) is 0 Å². The van der Waals surface area contributed by atoms with Crippen LogP contribution >= 0.6 is 0 Å². The molecule has 1 saturated carbocycles. The van der Waals surface area contributed by atoms with Gasteiger partial charge in [0.15, 0.2) is 0 Å². The van der Waals surface area contributed by atoms with Gasteiger partial charge < -0.3 is 11.1 Å². The summed E-state index contributed by atoms with van der Waals surface area (Å²) in [4.78, 5) is 0. The minimum Gasteiger partial charge on any atom is -0.397 e. The first kappa shape index (κ1) is 12.8. The number of hydrogen-bond acceptors (Lipinski definition) is 3. The molecule has 0 heterocycles. The van der Waals surface area contributed by atoms with Crippen molar-refractivity contribution in [3.8, 4) is 6.07 Å². The third kappa shape index (κ3) is 3.40. The maximum Gasteiger partial charge on any atom is 0.0992 e. The summed E-state index contributed by atoms with van der Waals surface area (Å²) in [7, 11) is 0. The average Bonchev–Trinajstić information content (AvgIpc) is 2.34. The van der Waals surface area contributed by atoms with E-state index in [0.29, 0.717) is 17.3 Å². The number of rotatable bonds is 2. The molecule has 1 aliphatic rings. The van der Waals surface area contributed by atoms with Crippen LogP contribution < -0.4 is 11.1 Å². The molecule has 1 aromatic carbocycles. The van der Waals surface area contributed by atoms with Crippen molar-refractivity contribution in [2.45, 2.75) is 51.0 Å². The van der Waals surface area contributed by atoms with E-state index >= 15 is 0 Å². The smallest absolute Gasteiger partial charge is 0.0992 e. The van der Waals surface area contributed by atoms with Gasteiger partial charge in [0.1, 0.15) is 0 Å². The molecule has 96 valence electrons. The second-order valence-corrected chi connectivity index (χ2v) is 5.10. The Bertz CT molecular complexity index is 426. The van der Waals surface area contributed by atoms with Gasteiger partial charge in [-0.3, -0.25) is 0 Å². The fourth-order valence-corrected chi connectivity index (χ4v) is 2.58. The van der Waals surface area contributed by atoms with Crippen molar-refractivity contribution in [3.05, 3.63) is 23.8 Å². The van der Waals surface area contributed by atoms with Gasteiger partial charge in [-0.05, 0) is 31.0 Å². The molecule has 3 heteroatoms. The number of hydrogen-bond donors (Lipinski definition) is 2. The topological polar surface area (TPSA) is 61.8 Å². The van der Waals surface area contributed by atoms with Gasteiger partial charge in [-0.25, -0.2) is 0 Å². The summed E-state index contributed by atoms with van der Waals surface area (Å²) >= 11 is 0. The number of anilines is 2. The molecule has 3 nitrogen and oxygen atoms in total. The molecule has 18 heavy (non-hydrogen) atoms. The second kappa shape index (κ2) is 6.30. The van der Waals surface area contributed by atoms with E-state index in [1.165, 1.54) is 44.9 Å². The van der Waals surface area contributed by atoms with E-state index in [0.717, 1.165) is 5.69 Å². The maximum atomic E-state index is 8.82. The van der Waals surface area contributed by atoms with E-state index in [1.807, 2.05) is 12.1 Å². The van der Waals surface area contributed by atoms with Gasteiger partial charge in [0.05, 0.1) is 23.0 Å². The standard InChI is InChI=1S/C15H21N3/c16-11-12-8-9-15(14(17)10-12)18-13-6-4-2-1-3-5-7-13/h8-10,13,18H,1-7,17H2. The molecule has 0 bridgehead atoms. The van der Waals surface area contributed by atoms with E-state index in [1.54, 1.807) is 6.07 Å². The van der Waals surface area contributed by atoms with E-state index < -0.39 is 0 Å². The van der Waals surface area contributed by atoms with Gasteiger partial charge in [-0.2, -0.15) is 5.26 Å². The van der Waals surface area contributed by atoms with Gasteiger partial charge in [0, 0.05) is 6.04 Å². The molecule has 0 amide bonds. The van der Waals surface area contributed by atoms with Crippen LogP contribution in [0.4, 0.5) is 11.4 Å². The predicted octanol–water partition coefficient (Wildman–Crippen LogP) is 3.67. The molecule has 2 rings (SSSR count). The van der Waals surface area contributed by atoms with Crippen LogP contribution in [0.15, 0.2) is 18.2 Å². The summed E-state index contributed by atoms with van der Waals surface area (Å²) in [6, 6.07) is 8.12. The summed E-state index contributed by atoms with van der Waals surface area (Å²) in [5.74, 6) is 0. The summed E-state index contributed by atoms with van der Waals surface area (Å²) in [5, 5.41) is 12.4. The molecule has 0 atom stereocenters. The molecular formula is C15H21N3. The number of nitrogens with two attached hydrogens (primary N) is 1. The Morgan fingerprint density at radius 3 is 2.39 bits per heavy atom. The number of nitriles is 1. The van der Waals surface area contributed by atoms with Gasteiger partial charge in [0.2, 0.25) is 0 Å². The van der Waals surface area contributed by atoms with Crippen LogP contribution in [0, 0.1) is 11.3 Å². The lowest BCUT2D eigenvalue weighted by Gasteiger charge is -2.23. The zero-order valence-corrected chi connectivity index (χ0v) is 10.8. The van der Waals surface area contributed by atoms with Crippen LogP contribution in [-0.4, -0.2) is 6.04 Å². The Labute approximate surface area is 109 Å². The molecule has 0 radical (unpaired) electrons. The SMILES string of the molecule is N#Cc1ccc(NC2CCCCCCC2)c(N)c1. The predicted molar refractivity (Wildman–Crippen MR) is 75.3 cm³/mol. The van der Waals surface area contributed by atoms with Crippen LogP contribution in [0.2, 0.25) is 0 Å². The number of benzene rings is 1. The third-order valence-corrected chi connectivity index (χ3v) is 3.65. The first-order valence-electron chi connectivity index (χ1n) is 6.86.